The van der Waals surface area contributed by atoms with Gasteiger partial charge < -0.3 is 14.8 Å². The minimum Gasteiger partial charge on any atom is -0.492 e. The van der Waals surface area contributed by atoms with Gasteiger partial charge in [-0.05, 0) is 48.4 Å². The van der Waals surface area contributed by atoms with E-state index in [9.17, 15) is 17.6 Å². The lowest BCUT2D eigenvalue weighted by Gasteiger charge is -2.26. The van der Waals surface area contributed by atoms with Gasteiger partial charge >= 0.3 is 0 Å². The summed E-state index contributed by atoms with van der Waals surface area (Å²) in [5, 5.41) is 2.76. The minimum atomic E-state index is -3.53. The number of carbonyl (C=O) groups is 1. The number of aryl methyl sites for hydroxylation is 1. The molecule has 0 saturated carbocycles. The maximum atomic E-state index is 12.9. The summed E-state index contributed by atoms with van der Waals surface area (Å²) < 4.78 is 50.2. The second-order valence-corrected chi connectivity index (χ2v) is 8.75. The second kappa shape index (κ2) is 10.5. The molecule has 3 rings (SSSR count). The third-order valence-electron chi connectivity index (χ3n) is 4.68. The molecule has 9 heteroatoms. The molecule has 1 aliphatic heterocycles. The van der Waals surface area contributed by atoms with E-state index in [1.165, 1.54) is 28.6 Å². The van der Waals surface area contributed by atoms with E-state index in [-0.39, 0.29) is 23.2 Å². The molecule has 162 valence electrons. The normalized spacial score (nSPS) is 15.0. The van der Waals surface area contributed by atoms with Crippen LogP contribution in [0.1, 0.15) is 12.0 Å². The predicted molar refractivity (Wildman–Crippen MR) is 109 cm³/mol. The molecule has 1 saturated heterocycles. The fourth-order valence-electron chi connectivity index (χ4n) is 3.00. The van der Waals surface area contributed by atoms with Crippen LogP contribution in [-0.2, 0) is 26.0 Å². The summed E-state index contributed by atoms with van der Waals surface area (Å²) in [4.78, 5) is 12.1. The molecule has 0 unspecified atom stereocenters. The van der Waals surface area contributed by atoms with Gasteiger partial charge in [0.05, 0.1) is 24.7 Å². The van der Waals surface area contributed by atoms with Crippen molar-refractivity contribution in [2.45, 2.75) is 17.7 Å². The van der Waals surface area contributed by atoms with Crippen LogP contribution in [0.2, 0.25) is 0 Å². The number of hydrogen-bond acceptors (Lipinski definition) is 5. The lowest BCUT2D eigenvalue weighted by molar-refractivity contribution is -0.121. The van der Waals surface area contributed by atoms with E-state index >= 15 is 0 Å². The zero-order valence-corrected chi connectivity index (χ0v) is 17.4. The van der Waals surface area contributed by atoms with Crippen molar-refractivity contribution in [2.24, 2.45) is 0 Å². The molecule has 1 heterocycles. The Labute approximate surface area is 175 Å². The summed E-state index contributed by atoms with van der Waals surface area (Å²) in [6, 6.07) is 12.3. The van der Waals surface area contributed by atoms with Crippen LogP contribution in [0.4, 0.5) is 4.39 Å². The largest absolute Gasteiger partial charge is 0.492 e. The third-order valence-corrected chi connectivity index (χ3v) is 6.59. The Morgan fingerprint density at radius 1 is 1.07 bits per heavy atom. The lowest BCUT2D eigenvalue weighted by atomic mass is 10.1. The molecule has 0 aromatic heterocycles. The number of morpholine rings is 1. The van der Waals surface area contributed by atoms with Crippen molar-refractivity contribution in [1.82, 2.24) is 9.62 Å². The summed E-state index contributed by atoms with van der Waals surface area (Å²) in [7, 11) is -3.53. The van der Waals surface area contributed by atoms with Gasteiger partial charge in [-0.3, -0.25) is 4.79 Å². The second-order valence-electron chi connectivity index (χ2n) is 6.81. The fraction of sp³-hybridized carbons (Fsp3) is 0.381. The Balaban J connectivity index is 1.38. The summed E-state index contributed by atoms with van der Waals surface area (Å²) in [6.07, 6.45) is 0.839. The van der Waals surface area contributed by atoms with Crippen LogP contribution in [0.5, 0.6) is 5.75 Å². The maximum Gasteiger partial charge on any atom is 0.243 e. The molecule has 1 fully saturated rings. The van der Waals surface area contributed by atoms with Crippen molar-refractivity contribution in [3.05, 3.63) is 59.9 Å². The summed E-state index contributed by atoms with van der Waals surface area (Å²) in [5.74, 6) is 0.110. The Morgan fingerprint density at radius 2 is 1.73 bits per heavy atom. The van der Waals surface area contributed by atoms with Crippen LogP contribution in [0.15, 0.2) is 53.4 Å². The molecule has 0 radical (unpaired) electrons. The Bertz CT molecular complexity index is 927. The Morgan fingerprint density at radius 3 is 2.40 bits per heavy atom. The first kappa shape index (κ1) is 22.2. The van der Waals surface area contributed by atoms with Gasteiger partial charge in [-0.15, -0.1) is 0 Å². The highest BCUT2D eigenvalue weighted by Crippen LogP contribution is 2.20. The number of nitrogens with zero attached hydrogens (tertiary/aromatic N) is 1. The van der Waals surface area contributed by atoms with Gasteiger partial charge in [0, 0.05) is 19.5 Å². The van der Waals surface area contributed by atoms with Crippen LogP contribution in [0.3, 0.4) is 0 Å². The Hall–Kier alpha value is -2.49. The van der Waals surface area contributed by atoms with Crippen molar-refractivity contribution in [2.75, 3.05) is 39.5 Å². The van der Waals surface area contributed by atoms with Crippen LogP contribution >= 0.6 is 0 Å². The number of rotatable bonds is 9. The number of benzene rings is 2. The first-order valence-electron chi connectivity index (χ1n) is 9.77. The number of ether oxygens (including phenoxy) is 2. The molecule has 7 nitrogen and oxygen atoms in total. The van der Waals surface area contributed by atoms with E-state index in [2.05, 4.69) is 5.32 Å². The highest BCUT2D eigenvalue weighted by molar-refractivity contribution is 7.89. The highest BCUT2D eigenvalue weighted by Gasteiger charge is 2.26. The molecule has 0 atom stereocenters. The number of nitrogens with one attached hydrogen (secondary N) is 1. The van der Waals surface area contributed by atoms with Crippen molar-refractivity contribution in [3.63, 3.8) is 0 Å². The number of sulfonamides is 1. The Kier molecular flexibility index (Phi) is 7.78. The van der Waals surface area contributed by atoms with Crippen molar-refractivity contribution in [3.8, 4) is 5.75 Å². The molecule has 0 bridgehead atoms. The van der Waals surface area contributed by atoms with E-state index in [1.807, 2.05) is 0 Å². The van der Waals surface area contributed by atoms with Gasteiger partial charge in [0.25, 0.3) is 0 Å². The van der Waals surface area contributed by atoms with Gasteiger partial charge in [-0.25, -0.2) is 12.8 Å². The number of carbonyl (C=O) groups excluding carboxylic acids is 1. The standard InChI is InChI=1S/C21H25FN2O5S/c22-18-4-1-17(2-5-18)3-10-21(25)23-11-14-29-19-6-8-20(9-7-19)30(26,27)24-12-15-28-16-13-24/h1-2,4-9H,3,10-16H2,(H,23,25). The SMILES string of the molecule is O=C(CCc1ccc(F)cc1)NCCOc1ccc(S(=O)(=O)N2CCOCC2)cc1. The van der Waals surface area contributed by atoms with Crippen molar-refractivity contribution in [1.29, 1.82) is 0 Å². The predicted octanol–water partition coefficient (Wildman–Crippen LogP) is 1.97. The van der Waals surface area contributed by atoms with Crippen molar-refractivity contribution >= 4 is 15.9 Å². The monoisotopic (exact) mass is 436 g/mol. The van der Waals surface area contributed by atoms with Gasteiger partial charge in [-0.2, -0.15) is 4.31 Å². The smallest absolute Gasteiger partial charge is 0.243 e. The molecule has 1 N–H and O–H groups in total. The molecule has 1 aliphatic rings. The third kappa shape index (κ3) is 6.25. The number of halogens is 1. The molecule has 1 amide bonds. The molecular weight excluding hydrogens is 411 g/mol. The van der Waals surface area contributed by atoms with Gasteiger partial charge in [-0.1, -0.05) is 12.1 Å². The zero-order valence-electron chi connectivity index (χ0n) is 16.6. The summed E-state index contributed by atoms with van der Waals surface area (Å²) in [6.45, 7) is 2.09. The van der Waals surface area contributed by atoms with E-state index in [4.69, 9.17) is 9.47 Å². The molecular formula is C21H25FN2O5S. The van der Waals surface area contributed by atoms with E-state index < -0.39 is 10.0 Å². The lowest BCUT2D eigenvalue weighted by Crippen LogP contribution is -2.40. The highest BCUT2D eigenvalue weighted by atomic mass is 32.2. The fourth-order valence-corrected chi connectivity index (χ4v) is 4.41. The minimum absolute atomic E-state index is 0.116. The summed E-state index contributed by atoms with van der Waals surface area (Å²) in [5.41, 5.74) is 0.898. The van der Waals surface area contributed by atoms with Gasteiger partial charge in [0.15, 0.2) is 0 Å². The van der Waals surface area contributed by atoms with Crippen LogP contribution < -0.4 is 10.1 Å². The topological polar surface area (TPSA) is 84.9 Å². The first-order valence-corrected chi connectivity index (χ1v) is 11.2. The van der Waals surface area contributed by atoms with E-state index in [1.54, 1.807) is 24.3 Å². The average Bonchev–Trinajstić information content (AvgIpc) is 2.77. The average molecular weight is 437 g/mol. The maximum absolute atomic E-state index is 12.9. The van der Waals surface area contributed by atoms with E-state index in [0.717, 1.165) is 5.56 Å². The van der Waals surface area contributed by atoms with Gasteiger partial charge in [0.2, 0.25) is 15.9 Å². The molecule has 0 aliphatic carbocycles. The number of hydrogen-bond donors (Lipinski definition) is 1. The first-order chi connectivity index (χ1) is 14.4. The molecule has 0 spiro atoms. The quantitative estimate of drug-likeness (QED) is 0.608. The zero-order chi connectivity index (χ0) is 21.4. The van der Waals surface area contributed by atoms with Crippen LogP contribution in [0.25, 0.3) is 0 Å². The summed E-state index contributed by atoms with van der Waals surface area (Å²) >= 11 is 0. The number of amides is 1. The van der Waals surface area contributed by atoms with Crippen molar-refractivity contribution < 1.29 is 27.1 Å². The molecule has 2 aromatic carbocycles. The molecule has 30 heavy (non-hydrogen) atoms. The molecule has 2 aromatic rings. The van der Waals surface area contributed by atoms with Gasteiger partial charge in [0.1, 0.15) is 18.2 Å². The van der Waals surface area contributed by atoms with Crippen LogP contribution in [0, 0.1) is 5.82 Å². The van der Waals surface area contributed by atoms with Crippen LogP contribution in [-0.4, -0.2) is 58.1 Å². The van der Waals surface area contributed by atoms with E-state index in [0.29, 0.717) is 51.4 Å².